The van der Waals surface area contributed by atoms with Crippen molar-refractivity contribution in [2.24, 2.45) is 0 Å². The molecule has 0 bridgehead atoms. The number of nitrogens with one attached hydrogen (secondary N) is 1. The number of aromatic nitrogens is 2. The van der Waals surface area contributed by atoms with E-state index < -0.39 is 0 Å². The molecule has 6 heteroatoms. The quantitative estimate of drug-likeness (QED) is 0.808. The van der Waals surface area contributed by atoms with Crippen LogP contribution in [0.4, 0.5) is 5.82 Å². The Hall–Kier alpha value is -1.85. The molecule has 1 N–H and O–H groups in total. The highest BCUT2D eigenvalue weighted by Crippen LogP contribution is 2.27. The molecule has 0 radical (unpaired) electrons. The molecule has 1 saturated heterocycles. The van der Waals surface area contributed by atoms with Gasteiger partial charge in [-0.3, -0.25) is 4.90 Å². The monoisotopic (exact) mass is 346 g/mol. The number of aryl methyl sites for hydroxylation is 1. The lowest BCUT2D eigenvalue weighted by Gasteiger charge is -2.28. The number of hydrogen-bond donors (Lipinski definition) is 1. The lowest BCUT2D eigenvalue weighted by Crippen LogP contribution is -2.31. The van der Waals surface area contributed by atoms with E-state index in [1.807, 2.05) is 19.1 Å². The van der Waals surface area contributed by atoms with Crippen LogP contribution in [0.15, 0.2) is 30.3 Å². The summed E-state index contributed by atoms with van der Waals surface area (Å²) in [5.74, 6) is 2.32. The first-order valence-corrected chi connectivity index (χ1v) is 8.66. The van der Waals surface area contributed by atoms with Crippen molar-refractivity contribution in [1.29, 1.82) is 0 Å². The zero-order valence-corrected chi connectivity index (χ0v) is 14.9. The minimum Gasteiger partial charge on any atom is -0.497 e. The highest BCUT2D eigenvalue weighted by Gasteiger charge is 2.23. The highest BCUT2D eigenvalue weighted by atomic mass is 35.5. The Balaban J connectivity index is 1.76. The van der Waals surface area contributed by atoms with E-state index >= 15 is 0 Å². The average Bonchev–Trinajstić information content (AvgIpc) is 3.09. The summed E-state index contributed by atoms with van der Waals surface area (Å²) < 4.78 is 5.27. The highest BCUT2D eigenvalue weighted by molar-refractivity contribution is 6.29. The van der Waals surface area contributed by atoms with Gasteiger partial charge in [-0.2, -0.15) is 0 Å². The lowest BCUT2D eigenvalue weighted by molar-refractivity contribution is 0.255. The van der Waals surface area contributed by atoms with E-state index in [2.05, 4.69) is 32.3 Å². The van der Waals surface area contributed by atoms with Gasteiger partial charge in [0.1, 0.15) is 22.5 Å². The Morgan fingerprint density at radius 3 is 2.54 bits per heavy atom. The van der Waals surface area contributed by atoms with Crippen LogP contribution in [-0.2, 0) is 0 Å². The molecule has 2 aromatic rings. The Bertz CT molecular complexity index is 651. The summed E-state index contributed by atoms with van der Waals surface area (Å²) in [7, 11) is 1.69. The van der Waals surface area contributed by atoms with E-state index in [1.54, 1.807) is 13.2 Å². The largest absolute Gasteiger partial charge is 0.497 e. The third-order valence-corrected chi connectivity index (χ3v) is 4.56. The molecule has 128 valence electrons. The number of ether oxygens (including phenoxy) is 1. The van der Waals surface area contributed by atoms with Crippen molar-refractivity contribution >= 4 is 17.4 Å². The molecule has 0 saturated carbocycles. The number of halogens is 1. The molecular weight excluding hydrogens is 324 g/mol. The van der Waals surface area contributed by atoms with Crippen molar-refractivity contribution in [2.45, 2.75) is 25.8 Å². The summed E-state index contributed by atoms with van der Waals surface area (Å²) in [6.07, 6.45) is 2.51. The molecule has 1 unspecified atom stereocenters. The van der Waals surface area contributed by atoms with Gasteiger partial charge in [0.25, 0.3) is 0 Å². The predicted octanol–water partition coefficient (Wildman–Crippen LogP) is 3.70. The van der Waals surface area contributed by atoms with Crippen molar-refractivity contribution in [2.75, 3.05) is 32.1 Å². The maximum absolute atomic E-state index is 6.03. The summed E-state index contributed by atoms with van der Waals surface area (Å²) in [5, 5.41) is 3.89. The molecule has 0 amide bonds. The zero-order valence-electron chi connectivity index (χ0n) is 14.1. The van der Waals surface area contributed by atoms with Crippen molar-refractivity contribution in [3.05, 3.63) is 46.9 Å². The van der Waals surface area contributed by atoms with E-state index in [-0.39, 0.29) is 0 Å². The molecule has 1 aliphatic heterocycles. The van der Waals surface area contributed by atoms with Crippen LogP contribution in [0.3, 0.4) is 0 Å². The zero-order chi connectivity index (χ0) is 16.9. The topological polar surface area (TPSA) is 50.3 Å². The summed E-state index contributed by atoms with van der Waals surface area (Å²) in [4.78, 5) is 11.0. The summed E-state index contributed by atoms with van der Waals surface area (Å²) in [6, 6.07) is 10.4. The fourth-order valence-corrected chi connectivity index (χ4v) is 3.39. The van der Waals surface area contributed by atoms with Gasteiger partial charge in [0.15, 0.2) is 0 Å². The molecule has 24 heavy (non-hydrogen) atoms. The van der Waals surface area contributed by atoms with Gasteiger partial charge in [-0.1, -0.05) is 23.7 Å². The number of hydrogen-bond acceptors (Lipinski definition) is 5. The summed E-state index contributed by atoms with van der Waals surface area (Å²) in [6.45, 7) is 4.88. The molecule has 1 aromatic heterocycles. The van der Waals surface area contributed by atoms with Crippen LogP contribution in [0.2, 0.25) is 5.15 Å². The Labute approximate surface area is 148 Å². The first-order valence-electron chi connectivity index (χ1n) is 8.29. The second-order valence-electron chi connectivity index (χ2n) is 6.04. The van der Waals surface area contributed by atoms with E-state index in [9.17, 15) is 0 Å². The number of benzene rings is 1. The molecule has 2 heterocycles. The first-order chi connectivity index (χ1) is 11.7. The van der Waals surface area contributed by atoms with Gasteiger partial charge in [-0.15, -0.1) is 0 Å². The molecule has 1 aromatic carbocycles. The number of methoxy groups -OCH3 is 1. The standard InChI is InChI=1S/C18H23ClN4O/c1-13-21-17(19)11-18(22-13)20-12-16(23-9-3-4-10-23)14-5-7-15(24-2)8-6-14/h5-8,11,16H,3-4,9-10,12H2,1-2H3,(H,20,21,22). The van der Waals surface area contributed by atoms with Gasteiger partial charge in [0.05, 0.1) is 13.2 Å². The molecule has 0 aliphatic carbocycles. The Morgan fingerprint density at radius 2 is 1.92 bits per heavy atom. The van der Waals surface area contributed by atoms with E-state index in [4.69, 9.17) is 16.3 Å². The van der Waals surface area contributed by atoms with E-state index in [0.717, 1.165) is 31.2 Å². The Morgan fingerprint density at radius 1 is 1.21 bits per heavy atom. The minimum absolute atomic E-state index is 0.299. The third-order valence-electron chi connectivity index (χ3n) is 4.37. The second kappa shape index (κ2) is 7.81. The number of anilines is 1. The van der Waals surface area contributed by atoms with Gasteiger partial charge in [-0.05, 0) is 50.6 Å². The molecule has 5 nitrogen and oxygen atoms in total. The minimum atomic E-state index is 0.299. The van der Waals surface area contributed by atoms with Crippen LogP contribution >= 0.6 is 11.6 Å². The smallest absolute Gasteiger partial charge is 0.134 e. The maximum atomic E-state index is 6.03. The van der Waals surface area contributed by atoms with Crippen molar-refractivity contribution in [3.63, 3.8) is 0 Å². The van der Waals surface area contributed by atoms with Crippen LogP contribution in [0.25, 0.3) is 0 Å². The van der Waals surface area contributed by atoms with Crippen LogP contribution < -0.4 is 10.1 Å². The summed E-state index contributed by atoms with van der Waals surface area (Å²) >= 11 is 6.03. The van der Waals surface area contributed by atoms with Crippen LogP contribution in [0, 0.1) is 6.92 Å². The van der Waals surface area contributed by atoms with Crippen LogP contribution in [0.1, 0.15) is 30.3 Å². The lowest BCUT2D eigenvalue weighted by atomic mass is 10.1. The number of likely N-dealkylation sites (tertiary alicyclic amines) is 1. The number of nitrogens with zero attached hydrogens (tertiary/aromatic N) is 3. The molecular formula is C18H23ClN4O. The maximum Gasteiger partial charge on any atom is 0.134 e. The number of rotatable bonds is 6. The van der Waals surface area contributed by atoms with Crippen molar-refractivity contribution in [1.82, 2.24) is 14.9 Å². The van der Waals surface area contributed by atoms with E-state index in [0.29, 0.717) is 17.0 Å². The normalized spacial score (nSPS) is 16.1. The van der Waals surface area contributed by atoms with Gasteiger partial charge in [-0.25, -0.2) is 9.97 Å². The molecule has 1 atom stereocenters. The van der Waals surface area contributed by atoms with Crippen LogP contribution in [0.5, 0.6) is 5.75 Å². The first kappa shape index (κ1) is 17.0. The molecule has 1 fully saturated rings. The van der Waals surface area contributed by atoms with Gasteiger partial charge in [0.2, 0.25) is 0 Å². The van der Waals surface area contributed by atoms with Crippen molar-refractivity contribution in [3.8, 4) is 5.75 Å². The molecule has 1 aliphatic rings. The van der Waals surface area contributed by atoms with E-state index in [1.165, 1.54) is 18.4 Å². The third kappa shape index (κ3) is 4.16. The SMILES string of the molecule is COc1ccc(C(CNc2cc(Cl)nc(C)n2)N2CCCC2)cc1. The second-order valence-corrected chi connectivity index (χ2v) is 6.42. The van der Waals surface area contributed by atoms with Gasteiger partial charge >= 0.3 is 0 Å². The van der Waals surface area contributed by atoms with Gasteiger partial charge in [0, 0.05) is 12.6 Å². The fourth-order valence-electron chi connectivity index (χ4n) is 3.16. The summed E-state index contributed by atoms with van der Waals surface area (Å²) in [5.41, 5.74) is 1.28. The average molecular weight is 347 g/mol. The van der Waals surface area contributed by atoms with Gasteiger partial charge < -0.3 is 10.1 Å². The predicted molar refractivity (Wildman–Crippen MR) is 96.8 cm³/mol. The molecule has 3 rings (SSSR count). The van der Waals surface area contributed by atoms with Crippen molar-refractivity contribution < 1.29 is 4.74 Å². The molecule has 0 spiro atoms. The Kier molecular flexibility index (Phi) is 5.53. The van der Waals surface area contributed by atoms with Crippen LogP contribution in [-0.4, -0.2) is 41.6 Å². The fraction of sp³-hybridized carbons (Fsp3) is 0.444.